The Morgan fingerprint density at radius 2 is 1.95 bits per heavy atom. The molecule has 1 unspecified atom stereocenters. The highest BCUT2D eigenvalue weighted by Crippen LogP contribution is 2.30. The summed E-state index contributed by atoms with van der Waals surface area (Å²) in [6.45, 7) is 7.32. The third kappa shape index (κ3) is 3.40. The summed E-state index contributed by atoms with van der Waals surface area (Å²) in [7, 11) is 2.22. The molecule has 2 aliphatic rings. The topological polar surface area (TPSA) is 18.5 Å². The Morgan fingerprint density at radius 3 is 2.80 bits per heavy atom. The van der Waals surface area contributed by atoms with Gasteiger partial charge in [-0.05, 0) is 50.5 Å². The Bertz CT molecular complexity index is 424. The van der Waals surface area contributed by atoms with Gasteiger partial charge >= 0.3 is 0 Å². The van der Waals surface area contributed by atoms with Crippen molar-refractivity contribution in [3.63, 3.8) is 0 Å². The second kappa shape index (κ2) is 6.70. The molecule has 1 aromatic rings. The average Bonchev–Trinajstić information content (AvgIpc) is 2.89. The summed E-state index contributed by atoms with van der Waals surface area (Å²) in [6.07, 6.45) is 3.78. The Kier molecular flexibility index (Phi) is 4.71. The zero-order chi connectivity index (χ0) is 13.8. The third-order valence-corrected chi connectivity index (χ3v) is 4.77. The van der Waals surface area contributed by atoms with Gasteiger partial charge in [-0.1, -0.05) is 24.3 Å². The summed E-state index contributed by atoms with van der Waals surface area (Å²) >= 11 is 0. The average molecular weight is 273 g/mol. The highest BCUT2D eigenvalue weighted by atomic mass is 15.2. The van der Waals surface area contributed by atoms with E-state index in [1.165, 1.54) is 57.5 Å². The van der Waals surface area contributed by atoms with Crippen molar-refractivity contribution in [1.82, 2.24) is 15.1 Å². The number of rotatable bonds is 5. The highest BCUT2D eigenvalue weighted by Gasteiger charge is 2.21. The Balaban J connectivity index is 1.37. The summed E-state index contributed by atoms with van der Waals surface area (Å²) in [5.41, 5.74) is 3.08. The van der Waals surface area contributed by atoms with Crippen LogP contribution in [0.3, 0.4) is 0 Å². The van der Waals surface area contributed by atoms with Gasteiger partial charge in [-0.2, -0.15) is 0 Å². The van der Waals surface area contributed by atoms with Crippen molar-refractivity contribution in [1.29, 1.82) is 0 Å². The van der Waals surface area contributed by atoms with Crippen LogP contribution in [0.2, 0.25) is 0 Å². The largest absolute Gasteiger partial charge is 0.310 e. The van der Waals surface area contributed by atoms with Gasteiger partial charge in [0.1, 0.15) is 0 Å². The van der Waals surface area contributed by atoms with E-state index in [-0.39, 0.29) is 0 Å². The van der Waals surface area contributed by atoms with E-state index in [2.05, 4.69) is 46.4 Å². The number of nitrogens with zero attached hydrogens (tertiary/aromatic N) is 2. The predicted molar refractivity (Wildman–Crippen MR) is 84.1 cm³/mol. The van der Waals surface area contributed by atoms with Crippen molar-refractivity contribution in [2.24, 2.45) is 0 Å². The van der Waals surface area contributed by atoms with Crippen LogP contribution in [0.5, 0.6) is 0 Å². The van der Waals surface area contributed by atoms with Crippen LogP contribution in [0.15, 0.2) is 24.3 Å². The Morgan fingerprint density at radius 1 is 1.15 bits per heavy atom. The zero-order valence-electron chi connectivity index (χ0n) is 12.6. The van der Waals surface area contributed by atoms with E-state index in [1.807, 2.05) is 0 Å². The van der Waals surface area contributed by atoms with Gasteiger partial charge in [0.05, 0.1) is 0 Å². The van der Waals surface area contributed by atoms with E-state index < -0.39 is 0 Å². The molecule has 1 atom stereocenters. The second-order valence-electron chi connectivity index (χ2n) is 6.24. The van der Waals surface area contributed by atoms with Gasteiger partial charge in [0.15, 0.2) is 0 Å². The number of hydrogen-bond donors (Lipinski definition) is 1. The standard InChI is InChI=1S/C17H27N3/c1-19-11-13-20(14-12-19)10-4-9-18-17-8-7-15-5-2-3-6-16(15)17/h2-3,5-6,17-18H,4,7-14H2,1H3. The lowest BCUT2D eigenvalue weighted by atomic mass is 10.1. The number of piperazine rings is 1. The summed E-state index contributed by atoms with van der Waals surface area (Å²) < 4.78 is 0. The minimum Gasteiger partial charge on any atom is -0.310 e. The summed E-state index contributed by atoms with van der Waals surface area (Å²) in [6, 6.07) is 9.50. The maximum atomic E-state index is 3.75. The molecule has 0 amide bonds. The summed E-state index contributed by atoms with van der Waals surface area (Å²) in [4.78, 5) is 5.02. The number of aryl methyl sites for hydroxylation is 1. The van der Waals surface area contributed by atoms with Gasteiger partial charge in [0, 0.05) is 32.2 Å². The molecule has 1 fully saturated rings. The fourth-order valence-electron chi connectivity index (χ4n) is 3.42. The lowest BCUT2D eigenvalue weighted by molar-refractivity contribution is 0.152. The molecule has 0 spiro atoms. The van der Waals surface area contributed by atoms with Crippen LogP contribution < -0.4 is 5.32 Å². The molecule has 0 bridgehead atoms. The van der Waals surface area contributed by atoms with E-state index in [9.17, 15) is 0 Å². The van der Waals surface area contributed by atoms with E-state index in [0.29, 0.717) is 6.04 Å². The first-order valence-electron chi connectivity index (χ1n) is 8.05. The van der Waals surface area contributed by atoms with Gasteiger partial charge in [-0.25, -0.2) is 0 Å². The molecule has 1 aliphatic carbocycles. The molecule has 3 nitrogen and oxygen atoms in total. The first-order chi connectivity index (χ1) is 9.83. The first kappa shape index (κ1) is 14.1. The highest BCUT2D eigenvalue weighted by molar-refractivity contribution is 5.34. The molecule has 3 heteroatoms. The van der Waals surface area contributed by atoms with Crippen molar-refractivity contribution in [2.45, 2.75) is 25.3 Å². The maximum Gasteiger partial charge on any atom is 0.0326 e. The van der Waals surface area contributed by atoms with E-state index >= 15 is 0 Å². The quantitative estimate of drug-likeness (QED) is 0.827. The summed E-state index contributed by atoms with van der Waals surface area (Å²) in [5, 5.41) is 3.75. The Labute approximate surface area is 123 Å². The molecule has 1 N–H and O–H groups in total. The SMILES string of the molecule is CN1CCN(CCCNC2CCc3ccccc32)CC1. The van der Waals surface area contributed by atoms with Crippen LogP contribution in [-0.2, 0) is 6.42 Å². The van der Waals surface area contributed by atoms with Gasteiger partial charge in [0.2, 0.25) is 0 Å². The molecular formula is C17H27N3. The number of hydrogen-bond acceptors (Lipinski definition) is 3. The van der Waals surface area contributed by atoms with E-state index in [1.54, 1.807) is 5.56 Å². The van der Waals surface area contributed by atoms with Gasteiger partial charge < -0.3 is 15.1 Å². The van der Waals surface area contributed by atoms with Crippen molar-refractivity contribution in [2.75, 3.05) is 46.3 Å². The molecule has 1 heterocycles. The third-order valence-electron chi connectivity index (χ3n) is 4.77. The number of likely N-dealkylation sites (N-methyl/N-ethyl adjacent to an activating group) is 1. The molecule has 0 radical (unpaired) electrons. The van der Waals surface area contributed by atoms with Crippen molar-refractivity contribution in [3.05, 3.63) is 35.4 Å². The van der Waals surface area contributed by atoms with Crippen LogP contribution in [0.25, 0.3) is 0 Å². The number of fused-ring (bicyclic) bond motifs is 1. The lowest BCUT2D eigenvalue weighted by Crippen LogP contribution is -2.45. The smallest absolute Gasteiger partial charge is 0.0326 e. The maximum absolute atomic E-state index is 3.75. The van der Waals surface area contributed by atoms with Crippen LogP contribution in [0.1, 0.15) is 30.0 Å². The molecule has 0 aromatic heterocycles. The Hall–Kier alpha value is -0.900. The fraction of sp³-hybridized carbons (Fsp3) is 0.647. The molecular weight excluding hydrogens is 246 g/mol. The van der Waals surface area contributed by atoms with Crippen LogP contribution in [-0.4, -0.2) is 56.1 Å². The molecule has 1 aromatic carbocycles. The number of nitrogens with one attached hydrogen (secondary N) is 1. The monoisotopic (exact) mass is 273 g/mol. The van der Waals surface area contributed by atoms with E-state index in [0.717, 1.165) is 6.54 Å². The van der Waals surface area contributed by atoms with Crippen molar-refractivity contribution < 1.29 is 0 Å². The zero-order valence-corrected chi connectivity index (χ0v) is 12.6. The van der Waals surface area contributed by atoms with Gasteiger partial charge in [0.25, 0.3) is 0 Å². The predicted octanol–water partition coefficient (Wildman–Crippen LogP) is 1.90. The fourth-order valence-corrected chi connectivity index (χ4v) is 3.42. The lowest BCUT2D eigenvalue weighted by Gasteiger charge is -2.32. The van der Waals surface area contributed by atoms with E-state index in [4.69, 9.17) is 0 Å². The molecule has 1 saturated heterocycles. The minimum atomic E-state index is 0.596. The van der Waals surface area contributed by atoms with Gasteiger partial charge in [-0.15, -0.1) is 0 Å². The molecule has 0 saturated carbocycles. The molecule has 20 heavy (non-hydrogen) atoms. The molecule has 3 rings (SSSR count). The first-order valence-corrected chi connectivity index (χ1v) is 8.05. The summed E-state index contributed by atoms with van der Waals surface area (Å²) in [5.74, 6) is 0. The van der Waals surface area contributed by atoms with Crippen LogP contribution >= 0.6 is 0 Å². The minimum absolute atomic E-state index is 0.596. The van der Waals surface area contributed by atoms with Crippen LogP contribution in [0, 0.1) is 0 Å². The van der Waals surface area contributed by atoms with Crippen molar-refractivity contribution >= 4 is 0 Å². The number of benzene rings is 1. The van der Waals surface area contributed by atoms with Crippen molar-refractivity contribution in [3.8, 4) is 0 Å². The molecule has 110 valence electrons. The molecule has 1 aliphatic heterocycles. The van der Waals surface area contributed by atoms with Crippen LogP contribution in [0.4, 0.5) is 0 Å². The second-order valence-corrected chi connectivity index (χ2v) is 6.24. The normalized spacial score (nSPS) is 23.9. The van der Waals surface area contributed by atoms with Gasteiger partial charge in [-0.3, -0.25) is 0 Å².